The lowest BCUT2D eigenvalue weighted by molar-refractivity contribution is -0.178. The SMILES string of the molecule is CSCCC(NC=O)C(=O)SCC(=O)[C@@]1(O)CC[C@H]2[C@@H]3CCC4=CC(=O)CC[C@]4(C)[C@H]3C(O)C[C@@]21C. The van der Waals surface area contributed by atoms with Gasteiger partial charge in [0, 0.05) is 11.8 Å². The van der Waals surface area contributed by atoms with Crippen LogP contribution in [0.1, 0.15) is 65.2 Å². The van der Waals surface area contributed by atoms with Crippen molar-refractivity contribution in [3.05, 3.63) is 11.6 Å². The van der Waals surface area contributed by atoms with Crippen molar-refractivity contribution in [3.8, 4) is 0 Å². The zero-order chi connectivity index (χ0) is 26.3. The monoisotopic (exact) mass is 537 g/mol. The van der Waals surface area contributed by atoms with E-state index in [4.69, 9.17) is 0 Å². The lowest BCUT2D eigenvalue weighted by Crippen LogP contribution is -2.62. The quantitative estimate of drug-likeness (QED) is 0.384. The van der Waals surface area contributed by atoms with E-state index in [9.17, 15) is 29.4 Å². The molecule has 0 aromatic rings. The minimum Gasteiger partial charge on any atom is -0.393 e. The maximum absolute atomic E-state index is 13.5. The number of aliphatic hydroxyl groups excluding tert-OH is 1. The molecule has 8 atom stereocenters. The zero-order valence-corrected chi connectivity index (χ0v) is 23.1. The topological polar surface area (TPSA) is 121 Å². The summed E-state index contributed by atoms with van der Waals surface area (Å²) >= 11 is 2.44. The summed E-state index contributed by atoms with van der Waals surface area (Å²) in [5, 5.41) is 25.6. The molecule has 36 heavy (non-hydrogen) atoms. The maximum atomic E-state index is 13.5. The minimum atomic E-state index is -1.59. The Morgan fingerprint density at radius 1 is 1.25 bits per heavy atom. The van der Waals surface area contributed by atoms with E-state index in [-0.39, 0.29) is 45.6 Å². The van der Waals surface area contributed by atoms with Gasteiger partial charge in [0.15, 0.2) is 11.6 Å². The maximum Gasteiger partial charge on any atom is 0.211 e. The van der Waals surface area contributed by atoms with Crippen molar-refractivity contribution in [2.45, 2.75) is 83.0 Å². The third kappa shape index (κ3) is 4.52. The first kappa shape index (κ1) is 27.9. The van der Waals surface area contributed by atoms with Crippen molar-refractivity contribution in [2.75, 3.05) is 17.8 Å². The third-order valence-electron chi connectivity index (χ3n) is 10.0. The predicted molar refractivity (Wildman–Crippen MR) is 142 cm³/mol. The molecule has 1 amide bonds. The standard InChI is InChI=1S/C27H39NO6S2/c1-25-9-6-17(30)12-16(25)4-5-18-19-7-10-27(34,26(19,2)13-21(31)23(18)25)22(32)14-36-24(33)20(28-15-29)8-11-35-3/h12,15,18-21,23,31,34H,4-11,13-14H2,1-3H3,(H,28,29)/t18-,19-,20?,21?,23+,25-,26-,27-/m0/s1. The Morgan fingerprint density at radius 3 is 2.69 bits per heavy atom. The van der Waals surface area contributed by atoms with Crippen molar-refractivity contribution in [1.29, 1.82) is 0 Å². The molecule has 3 N–H and O–H groups in total. The summed E-state index contributed by atoms with van der Waals surface area (Å²) in [5.41, 5.74) is -1.43. The fraction of sp³-hybridized carbons (Fsp3) is 0.778. The van der Waals surface area contributed by atoms with Gasteiger partial charge in [-0.2, -0.15) is 11.8 Å². The van der Waals surface area contributed by atoms with Crippen LogP contribution in [0.25, 0.3) is 0 Å². The molecule has 3 fully saturated rings. The van der Waals surface area contributed by atoms with E-state index >= 15 is 0 Å². The number of fused-ring (bicyclic) bond motifs is 5. The van der Waals surface area contributed by atoms with Gasteiger partial charge in [-0.05, 0) is 86.2 Å². The molecule has 0 aliphatic heterocycles. The van der Waals surface area contributed by atoms with Crippen molar-refractivity contribution in [2.24, 2.45) is 28.6 Å². The van der Waals surface area contributed by atoms with Crippen molar-refractivity contribution in [3.63, 3.8) is 0 Å². The highest BCUT2D eigenvalue weighted by atomic mass is 32.2. The number of hydrogen-bond acceptors (Lipinski definition) is 8. The van der Waals surface area contributed by atoms with E-state index in [1.54, 1.807) is 17.8 Å². The van der Waals surface area contributed by atoms with E-state index in [1.807, 2.05) is 13.2 Å². The molecule has 0 heterocycles. The van der Waals surface area contributed by atoms with Crippen molar-refractivity contribution >= 4 is 46.6 Å². The number of aliphatic hydroxyl groups is 2. The van der Waals surface area contributed by atoms with Crippen LogP contribution in [-0.2, 0) is 19.2 Å². The highest BCUT2D eigenvalue weighted by Gasteiger charge is 2.68. The second-order valence-corrected chi connectivity index (χ2v) is 13.6. The molecule has 0 spiro atoms. The molecule has 4 rings (SSSR count). The van der Waals surface area contributed by atoms with Crippen LogP contribution in [-0.4, -0.2) is 68.8 Å². The van der Waals surface area contributed by atoms with Gasteiger partial charge in [0.05, 0.1) is 17.9 Å². The van der Waals surface area contributed by atoms with Gasteiger partial charge in [0.2, 0.25) is 11.5 Å². The molecule has 2 unspecified atom stereocenters. The van der Waals surface area contributed by atoms with Gasteiger partial charge in [-0.1, -0.05) is 31.2 Å². The van der Waals surface area contributed by atoms with Crippen LogP contribution in [0.15, 0.2) is 11.6 Å². The number of ketones is 2. The first-order valence-corrected chi connectivity index (χ1v) is 15.4. The van der Waals surface area contributed by atoms with Crippen molar-refractivity contribution in [1.82, 2.24) is 5.32 Å². The summed E-state index contributed by atoms with van der Waals surface area (Å²) in [5.74, 6) is 0.661. The summed E-state index contributed by atoms with van der Waals surface area (Å²) < 4.78 is 0. The molecule has 9 heteroatoms. The van der Waals surface area contributed by atoms with Crippen LogP contribution < -0.4 is 5.32 Å². The number of carbonyl (C=O) groups excluding carboxylic acids is 4. The Morgan fingerprint density at radius 2 is 2.00 bits per heavy atom. The number of rotatable bonds is 9. The predicted octanol–water partition coefficient (Wildman–Crippen LogP) is 2.92. The molecule has 0 bridgehead atoms. The normalized spacial score (nSPS) is 40.4. The molecule has 4 aliphatic carbocycles. The second kappa shape index (κ2) is 10.5. The van der Waals surface area contributed by atoms with Gasteiger partial charge in [-0.3, -0.25) is 19.2 Å². The fourth-order valence-electron chi connectivity index (χ4n) is 8.09. The Bertz CT molecular complexity index is 955. The molecule has 0 radical (unpaired) electrons. The Kier molecular flexibility index (Phi) is 8.16. The van der Waals surface area contributed by atoms with Crippen LogP contribution >= 0.6 is 23.5 Å². The molecule has 3 saturated carbocycles. The molecular weight excluding hydrogens is 498 g/mol. The average molecular weight is 538 g/mol. The summed E-state index contributed by atoms with van der Waals surface area (Å²) in [6.07, 6.45) is 8.34. The van der Waals surface area contributed by atoms with E-state index in [2.05, 4.69) is 12.2 Å². The van der Waals surface area contributed by atoms with Gasteiger partial charge >= 0.3 is 0 Å². The number of hydrogen-bond donors (Lipinski definition) is 3. The van der Waals surface area contributed by atoms with Crippen LogP contribution in [0.3, 0.4) is 0 Å². The van der Waals surface area contributed by atoms with E-state index < -0.39 is 23.2 Å². The summed E-state index contributed by atoms with van der Waals surface area (Å²) in [6, 6.07) is -0.654. The molecular formula is C27H39NO6S2. The highest BCUT2D eigenvalue weighted by molar-refractivity contribution is 8.14. The van der Waals surface area contributed by atoms with Crippen LogP contribution in [0, 0.1) is 28.6 Å². The summed E-state index contributed by atoms with van der Waals surface area (Å²) in [4.78, 5) is 49.2. The van der Waals surface area contributed by atoms with Crippen molar-refractivity contribution < 1.29 is 29.4 Å². The smallest absolute Gasteiger partial charge is 0.211 e. The van der Waals surface area contributed by atoms with Gasteiger partial charge in [0.1, 0.15) is 5.60 Å². The number of carbonyl (C=O) groups is 4. The zero-order valence-electron chi connectivity index (χ0n) is 21.5. The Balaban J connectivity index is 1.50. The fourth-order valence-corrected chi connectivity index (χ4v) is 9.46. The van der Waals surface area contributed by atoms with Gasteiger partial charge < -0.3 is 15.5 Å². The Labute approximate surface area is 222 Å². The summed E-state index contributed by atoms with van der Waals surface area (Å²) in [6.45, 7) is 4.13. The molecule has 200 valence electrons. The minimum absolute atomic E-state index is 0.0173. The molecule has 0 saturated heterocycles. The Hall–Kier alpha value is -1.16. The average Bonchev–Trinajstić information content (AvgIpc) is 3.11. The van der Waals surface area contributed by atoms with Gasteiger partial charge in [-0.15, -0.1) is 0 Å². The number of thioether (sulfide) groups is 2. The first-order chi connectivity index (χ1) is 17.0. The highest BCUT2D eigenvalue weighted by Crippen LogP contribution is 2.67. The third-order valence-corrected chi connectivity index (χ3v) is 11.6. The molecule has 0 aromatic heterocycles. The van der Waals surface area contributed by atoms with E-state index in [1.165, 1.54) is 0 Å². The lowest BCUT2D eigenvalue weighted by Gasteiger charge is -2.60. The number of Topliss-reactive ketones (excluding diaryl/α,β-unsaturated/α-hetero) is 1. The van der Waals surface area contributed by atoms with E-state index in [0.29, 0.717) is 44.3 Å². The largest absolute Gasteiger partial charge is 0.393 e. The van der Waals surface area contributed by atoms with Gasteiger partial charge in [0.25, 0.3) is 0 Å². The molecule has 0 aromatic carbocycles. The molecule has 7 nitrogen and oxygen atoms in total. The molecule has 4 aliphatic rings. The number of allylic oxidation sites excluding steroid dienone is 1. The van der Waals surface area contributed by atoms with Crippen LogP contribution in [0.2, 0.25) is 0 Å². The number of amides is 1. The lowest BCUT2D eigenvalue weighted by atomic mass is 9.45. The van der Waals surface area contributed by atoms with Crippen LogP contribution in [0.4, 0.5) is 0 Å². The first-order valence-electron chi connectivity index (χ1n) is 13.0. The van der Waals surface area contributed by atoms with Gasteiger partial charge in [-0.25, -0.2) is 0 Å². The number of nitrogens with one attached hydrogen (secondary N) is 1. The van der Waals surface area contributed by atoms with E-state index in [0.717, 1.165) is 36.6 Å². The summed E-state index contributed by atoms with van der Waals surface area (Å²) in [7, 11) is 0. The second-order valence-electron chi connectivity index (χ2n) is 11.6. The van der Waals surface area contributed by atoms with Crippen LogP contribution in [0.5, 0.6) is 0 Å².